The van der Waals surface area contributed by atoms with Crippen LogP contribution in [0.5, 0.6) is 5.75 Å². The molecule has 132 valence electrons. The second-order valence-electron chi connectivity index (χ2n) is 5.92. The number of methoxy groups -OCH3 is 1. The highest BCUT2D eigenvalue weighted by Gasteiger charge is 2.09. The third-order valence-electron chi connectivity index (χ3n) is 4.16. The molecule has 0 heterocycles. The summed E-state index contributed by atoms with van der Waals surface area (Å²) < 4.78 is 5.11. The molecule has 2 aromatic rings. The SMILES string of the molecule is CCc1ccc(C(=O)CCC(=O)NCCc2ccc(OC)cc2)cc1. The monoisotopic (exact) mass is 339 g/mol. The van der Waals surface area contributed by atoms with Crippen LogP contribution in [0.3, 0.4) is 0 Å². The second-order valence-corrected chi connectivity index (χ2v) is 5.92. The van der Waals surface area contributed by atoms with Crippen LogP contribution in [0.25, 0.3) is 0 Å². The van der Waals surface area contributed by atoms with Gasteiger partial charge in [0.25, 0.3) is 0 Å². The molecule has 0 aliphatic rings. The van der Waals surface area contributed by atoms with E-state index in [1.165, 1.54) is 5.56 Å². The lowest BCUT2D eigenvalue weighted by Crippen LogP contribution is -2.26. The van der Waals surface area contributed by atoms with Gasteiger partial charge in [-0.1, -0.05) is 43.3 Å². The number of Topliss-reactive ketones (excluding diaryl/α,β-unsaturated/α-hetero) is 1. The molecular weight excluding hydrogens is 314 g/mol. The zero-order valence-electron chi connectivity index (χ0n) is 14.9. The number of ether oxygens (including phenoxy) is 1. The first-order valence-electron chi connectivity index (χ1n) is 8.64. The zero-order chi connectivity index (χ0) is 18.1. The molecule has 0 saturated heterocycles. The topological polar surface area (TPSA) is 55.4 Å². The van der Waals surface area contributed by atoms with Crippen molar-refractivity contribution in [1.29, 1.82) is 0 Å². The fourth-order valence-corrected chi connectivity index (χ4v) is 2.52. The maximum Gasteiger partial charge on any atom is 0.220 e. The van der Waals surface area contributed by atoms with Crippen molar-refractivity contribution in [2.24, 2.45) is 0 Å². The minimum atomic E-state index is -0.0907. The maximum atomic E-state index is 12.1. The van der Waals surface area contributed by atoms with Crippen LogP contribution in [0.15, 0.2) is 48.5 Å². The number of ketones is 1. The van der Waals surface area contributed by atoms with Gasteiger partial charge in [0.15, 0.2) is 5.78 Å². The predicted octanol–water partition coefficient (Wildman–Crippen LogP) is 3.58. The number of nitrogens with one attached hydrogen (secondary N) is 1. The van der Waals surface area contributed by atoms with Crippen LogP contribution in [0.2, 0.25) is 0 Å². The standard InChI is InChI=1S/C21H25NO3/c1-3-16-4-8-18(9-5-16)20(23)12-13-21(24)22-15-14-17-6-10-19(25-2)11-7-17/h4-11H,3,12-15H2,1-2H3,(H,22,24). The number of carbonyl (C=O) groups is 2. The molecule has 0 unspecified atom stereocenters. The predicted molar refractivity (Wildman–Crippen MR) is 99.1 cm³/mol. The average molecular weight is 339 g/mol. The van der Waals surface area contributed by atoms with E-state index in [9.17, 15) is 9.59 Å². The van der Waals surface area contributed by atoms with Crippen LogP contribution in [0, 0.1) is 0 Å². The number of carbonyl (C=O) groups excluding carboxylic acids is 2. The Morgan fingerprint density at radius 3 is 2.16 bits per heavy atom. The zero-order valence-corrected chi connectivity index (χ0v) is 14.9. The fourth-order valence-electron chi connectivity index (χ4n) is 2.52. The van der Waals surface area contributed by atoms with Crippen molar-refractivity contribution in [3.05, 3.63) is 65.2 Å². The van der Waals surface area contributed by atoms with E-state index < -0.39 is 0 Å². The van der Waals surface area contributed by atoms with Gasteiger partial charge in [0, 0.05) is 24.9 Å². The smallest absolute Gasteiger partial charge is 0.220 e. The van der Waals surface area contributed by atoms with Gasteiger partial charge < -0.3 is 10.1 Å². The van der Waals surface area contributed by atoms with Crippen LogP contribution in [0.1, 0.15) is 41.3 Å². The van der Waals surface area contributed by atoms with Crippen molar-refractivity contribution in [3.63, 3.8) is 0 Å². The Hall–Kier alpha value is -2.62. The van der Waals surface area contributed by atoms with E-state index in [2.05, 4.69) is 12.2 Å². The van der Waals surface area contributed by atoms with Crippen molar-refractivity contribution in [1.82, 2.24) is 5.32 Å². The van der Waals surface area contributed by atoms with E-state index in [4.69, 9.17) is 4.74 Å². The van der Waals surface area contributed by atoms with Gasteiger partial charge in [-0.2, -0.15) is 0 Å². The van der Waals surface area contributed by atoms with Gasteiger partial charge in [-0.3, -0.25) is 9.59 Å². The number of rotatable bonds is 9. The minimum absolute atomic E-state index is 0.00737. The van der Waals surface area contributed by atoms with Gasteiger partial charge in [-0.25, -0.2) is 0 Å². The Labute approximate surface area is 149 Å². The van der Waals surface area contributed by atoms with E-state index in [1.807, 2.05) is 48.5 Å². The molecule has 2 rings (SSSR count). The molecule has 25 heavy (non-hydrogen) atoms. The fraction of sp³-hybridized carbons (Fsp3) is 0.333. The molecule has 0 fully saturated rings. The average Bonchev–Trinajstić information content (AvgIpc) is 2.66. The van der Waals surface area contributed by atoms with Crippen molar-refractivity contribution in [3.8, 4) is 5.75 Å². The van der Waals surface area contributed by atoms with Crippen molar-refractivity contribution in [2.75, 3.05) is 13.7 Å². The van der Waals surface area contributed by atoms with Crippen molar-refractivity contribution < 1.29 is 14.3 Å². The summed E-state index contributed by atoms with van der Waals surface area (Å²) in [5.74, 6) is 0.735. The lowest BCUT2D eigenvalue weighted by molar-refractivity contribution is -0.121. The van der Waals surface area contributed by atoms with Gasteiger partial charge >= 0.3 is 0 Å². The molecule has 1 N–H and O–H groups in total. The third-order valence-corrected chi connectivity index (χ3v) is 4.16. The highest BCUT2D eigenvalue weighted by molar-refractivity contribution is 5.97. The molecule has 4 nitrogen and oxygen atoms in total. The molecule has 2 aromatic carbocycles. The van der Waals surface area contributed by atoms with E-state index >= 15 is 0 Å². The molecule has 1 amide bonds. The maximum absolute atomic E-state index is 12.1. The molecule has 0 spiro atoms. The molecule has 0 saturated carbocycles. The molecule has 4 heteroatoms. The molecule has 0 aromatic heterocycles. The van der Waals surface area contributed by atoms with Crippen LogP contribution < -0.4 is 10.1 Å². The Bertz CT molecular complexity index is 690. The first-order chi connectivity index (χ1) is 12.1. The second kappa shape index (κ2) is 9.62. The van der Waals surface area contributed by atoms with E-state index in [1.54, 1.807) is 7.11 Å². The number of hydrogen-bond acceptors (Lipinski definition) is 3. The van der Waals surface area contributed by atoms with Crippen LogP contribution in [0.4, 0.5) is 0 Å². The van der Waals surface area contributed by atoms with Gasteiger partial charge in [-0.15, -0.1) is 0 Å². The van der Waals surface area contributed by atoms with Crippen LogP contribution >= 0.6 is 0 Å². The van der Waals surface area contributed by atoms with Crippen molar-refractivity contribution in [2.45, 2.75) is 32.6 Å². The molecule has 0 atom stereocenters. The van der Waals surface area contributed by atoms with Gasteiger partial charge in [0.05, 0.1) is 7.11 Å². The van der Waals surface area contributed by atoms with Gasteiger partial charge in [-0.05, 0) is 36.1 Å². The van der Waals surface area contributed by atoms with E-state index in [-0.39, 0.29) is 24.5 Å². The number of benzene rings is 2. The molecule has 0 aliphatic carbocycles. The summed E-state index contributed by atoms with van der Waals surface area (Å²) >= 11 is 0. The summed E-state index contributed by atoms with van der Waals surface area (Å²) in [6.07, 6.45) is 2.16. The Morgan fingerprint density at radius 2 is 1.56 bits per heavy atom. The quantitative estimate of drug-likeness (QED) is 0.711. The third kappa shape index (κ3) is 6.07. The normalized spacial score (nSPS) is 10.3. The lowest BCUT2D eigenvalue weighted by Gasteiger charge is -2.06. The Kier molecular flexibility index (Phi) is 7.20. The van der Waals surface area contributed by atoms with Crippen LogP contribution in [-0.4, -0.2) is 25.3 Å². The first kappa shape index (κ1) is 18.7. The Morgan fingerprint density at radius 1 is 0.920 bits per heavy atom. The molecular formula is C21H25NO3. The van der Waals surface area contributed by atoms with Gasteiger partial charge in [0.2, 0.25) is 5.91 Å². The molecule has 0 aliphatic heterocycles. The lowest BCUT2D eigenvalue weighted by atomic mass is 10.0. The molecule has 0 bridgehead atoms. The van der Waals surface area contributed by atoms with E-state index in [0.717, 1.165) is 24.2 Å². The summed E-state index contributed by atoms with van der Waals surface area (Å²) in [4.78, 5) is 24.0. The van der Waals surface area contributed by atoms with Crippen LogP contribution in [-0.2, 0) is 17.6 Å². The largest absolute Gasteiger partial charge is 0.497 e. The Balaban J connectivity index is 1.69. The highest BCUT2D eigenvalue weighted by Crippen LogP contribution is 2.11. The minimum Gasteiger partial charge on any atom is -0.497 e. The number of hydrogen-bond donors (Lipinski definition) is 1. The number of amides is 1. The summed E-state index contributed by atoms with van der Waals surface area (Å²) in [5, 5.41) is 2.86. The van der Waals surface area contributed by atoms with Crippen molar-refractivity contribution >= 4 is 11.7 Å². The van der Waals surface area contributed by atoms with E-state index in [0.29, 0.717) is 12.1 Å². The summed E-state index contributed by atoms with van der Waals surface area (Å²) in [6.45, 7) is 2.64. The van der Waals surface area contributed by atoms with Gasteiger partial charge in [0.1, 0.15) is 5.75 Å². The summed E-state index contributed by atoms with van der Waals surface area (Å²) in [6, 6.07) is 15.4. The number of aryl methyl sites for hydroxylation is 1. The summed E-state index contributed by atoms with van der Waals surface area (Å²) in [5.41, 5.74) is 3.00. The summed E-state index contributed by atoms with van der Waals surface area (Å²) in [7, 11) is 1.63. The highest BCUT2D eigenvalue weighted by atomic mass is 16.5. The molecule has 0 radical (unpaired) electrons. The first-order valence-corrected chi connectivity index (χ1v) is 8.64.